The van der Waals surface area contributed by atoms with Crippen molar-refractivity contribution in [1.82, 2.24) is 14.9 Å². The molecule has 1 aliphatic heterocycles. The van der Waals surface area contributed by atoms with Crippen LogP contribution in [-0.4, -0.2) is 19.8 Å². The van der Waals surface area contributed by atoms with Gasteiger partial charge in [-0.1, -0.05) is 23.7 Å². The third-order valence-corrected chi connectivity index (χ3v) is 6.70. The molecule has 0 bridgehead atoms. The molecule has 5 nitrogen and oxygen atoms in total. The third kappa shape index (κ3) is 3.86. The van der Waals surface area contributed by atoms with E-state index in [0.29, 0.717) is 15.8 Å². The zero-order chi connectivity index (χ0) is 23.1. The average molecular weight is 475 g/mol. The number of anilines is 1. The largest absolute Gasteiger partial charge is 0.506 e. The molecule has 1 fully saturated rings. The van der Waals surface area contributed by atoms with Crippen LogP contribution in [-0.2, 0) is 0 Å². The maximum Gasteiger partial charge on any atom is 0.174 e. The lowest BCUT2D eigenvalue weighted by atomic mass is 10.0. The molecule has 0 spiro atoms. The first-order valence-electron chi connectivity index (χ1n) is 10.7. The topological polar surface area (TPSA) is 53.3 Å². The summed E-state index contributed by atoms with van der Waals surface area (Å²) in [6.07, 6.45) is 3.82. The van der Waals surface area contributed by atoms with Crippen molar-refractivity contribution in [2.75, 3.05) is 4.90 Å². The Bertz CT molecular complexity index is 1340. The summed E-state index contributed by atoms with van der Waals surface area (Å²) in [6.45, 7) is 4.22. The third-order valence-electron chi connectivity index (χ3n) is 6.15. The Morgan fingerprint density at radius 3 is 2.61 bits per heavy atom. The van der Waals surface area contributed by atoms with Crippen molar-refractivity contribution < 1.29 is 5.11 Å². The van der Waals surface area contributed by atoms with E-state index in [1.165, 1.54) is 11.1 Å². The lowest BCUT2D eigenvalue weighted by Gasteiger charge is -2.29. The number of hydrogen-bond donors (Lipinski definition) is 2. The second kappa shape index (κ2) is 8.54. The molecule has 2 N–H and O–H groups in total. The molecule has 1 saturated heterocycles. The predicted octanol–water partition coefficient (Wildman–Crippen LogP) is 6.03. The van der Waals surface area contributed by atoms with Gasteiger partial charge in [0.05, 0.1) is 17.4 Å². The zero-order valence-corrected chi connectivity index (χ0v) is 19.8. The minimum Gasteiger partial charge on any atom is -0.506 e. The van der Waals surface area contributed by atoms with Crippen molar-refractivity contribution in [3.05, 3.63) is 107 Å². The zero-order valence-electron chi connectivity index (χ0n) is 18.2. The quantitative estimate of drug-likeness (QED) is 0.354. The van der Waals surface area contributed by atoms with Gasteiger partial charge in [0.15, 0.2) is 5.11 Å². The molecule has 33 heavy (non-hydrogen) atoms. The average Bonchev–Trinajstić information content (AvgIpc) is 3.42. The van der Waals surface area contributed by atoms with E-state index in [1.54, 1.807) is 24.4 Å². The van der Waals surface area contributed by atoms with Crippen LogP contribution in [0.2, 0.25) is 5.02 Å². The molecule has 4 aromatic rings. The van der Waals surface area contributed by atoms with Crippen LogP contribution in [0.1, 0.15) is 34.6 Å². The van der Waals surface area contributed by atoms with Crippen LogP contribution in [0.5, 0.6) is 5.75 Å². The molecule has 0 aliphatic carbocycles. The number of nitrogens with zero attached hydrogens (tertiary/aromatic N) is 3. The summed E-state index contributed by atoms with van der Waals surface area (Å²) >= 11 is 12.1. The molecule has 7 heteroatoms. The first-order chi connectivity index (χ1) is 15.9. The highest BCUT2D eigenvalue weighted by Crippen LogP contribution is 2.45. The van der Waals surface area contributed by atoms with Gasteiger partial charge in [-0.25, -0.2) is 0 Å². The van der Waals surface area contributed by atoms with Crippen molar-refractivity contribution in [2.24, 2.45) is 0 Å². The van der Waals surface area contributed by atoms with Crippen LogP contribution >= 0.6 is 23.8 Å². The summed E-state index contributed by atoms with van der Waals surface area (Å²) in [7, 11) is 0. The number of phenolic OH excluding ortho intramolecular Hbond substituents is 1. The Balaban J connectivity index is 1.70. The van der Waals surface area contributed by atoms with Crippen LogP contribution in [0.3, 0.4) is 0 Å². The van der Waals surface area contributed by atoms with E-state index in [2.05, 4.69) is 53.0 Å². The molecule has 2 atom stereocenters. The maximum atomic E-state index is 10.7. The fourth-order valence-electron chi connectivity index (χ4n) is 4.35. The van der Waals surface area contributed by atoms with Gasteiger partial charge >= 0.3 is 0 Å². The molecule has 0 amide bonds. The van der Waals surface area contributed by atoms with Crippen LogP contribution < -0.4 is 10.2 Å². The second-order valence-corrected chi connectivity index (χ2v) is 9.02. The molecule has 2 aromatic carbocycles. The van der Waals surface area contributed by atoms with Gasteiger partial charge in [0.2, 0.25) is 0 Å². The molecule has 5 rings (SSSR count). The number of nitrogens with one attached hydrogen (secondary N) is 1. The maximum absolute atomic E-state index is 10.7. The van der Waals surface area contributed by atoms with Crippen LogP contribution in [0.25, 0.3) is 5.69 Å². The number of aromatic hydroxyl groups is 1. The van der Waals surface area contributed by atoms with Crippen LogP contribution in [0.4, 0.5) is 5.69 Å². The number of halogens is 1. The number of aryl methyl sites for hydroxylation is 2. The highest BCUT2D eigenvalue weighted by molar-refractivity contribution is 7.80. The van der Waals surface area contributed by atoms with Crippen molar-refractivity contribution in [1.29, 1.82) is 0 Å². The fourth-order valence-corrected chi connectivity index (χ4v) is 4.86. The Hall–Kier alpha value is -3.35. The van der Waals surface area contributed by atoms with E-state index >= 15 is 0 Å². The van der Waals surface area contributed by atoms with E-state index in [4.69, 9.17) is 23.8 Å². The Morgan fingerprint density at radius 1 is 1.00 bits per heavy atom. The van der Waals surface area contributed by atoms with E-state index in [-0.39, 0.29) is 17.8 Å². The molecule has 2 aromatic heterocycles. The second-order valence-electron chi connectivity index (χ2n) is 8.20. The lowest BCUT2D eigenvalue weighted by molar-refractivity contribution is 0.472. The van der Waals surface area contributed by atoms with Crippen LogP contribution in [0.15, 0.2) is 79.1 Å². The Morgan fingerprint density at radius 2 is 1.85 bits per heavy atom. The number of phenols is 1. The van der Waals surface area contributed by atoms with Gasteiger partial charge in [-0.15, -0.1) is 0 Å². The minimum atomic E-state index is -0.270. The van der Waals surface area contributed by atoms with E-state index in [0.717, 1.165) is 17.1 Å². The highest BCUT2D eigenvalue weighted by Gasteiger charge is 2.43. The molecular formula is C26H23ClN4OS. The standard InChI is InChI=1S/C26H23ClN4OS/c1-16-8-10-19(14-17(16)2)30-13-5-7-21(30)25-24(20-6-3-4-12-28-20)29-26(33)31(25)22-15-18(27)9-11-23(22)32/h3-15,24-25,32H,1-2H3,(H,29,33)/t24-,25+/m1/s1. The first kappa shape index (κ1) is 21.5. The highest BCUT2D eigenvalue weighted by atomic mass is 35.5. The van der Waals surface area contributed by atoms with Gasteiger partial charge in [0, 0.05) is 28.8 Å². The molecule has 0 radical (unpaired) electrons. The van der Waals surface area contributed by atoms with Crippen molar-refractivity contribution in [2.45, 2.75) is 25.9 Å². The number of hydrogen-bond acceptors (Lipinski definition) is 3. The molecule has 166 valence electrons. The monoisotopic (exact) mass is 474 g/mol. The summed E-state index contributed by atoms with van der Waals surface area (Å²) in [4.78, 5) is 6.54. The molecule has 0 unspecified atom stereocenters. The fraction of sp³-hybridized carbons (Fsp3) is 0.154. The van der Waals surface area contributed by atoms with E-state index < -0.39 is 0 Å². The van der Waals surface area contributed by atoms with Gasteiger partial charge in [0.1, 0.15) is 11.8 Å². The molecule has 0 saturated carbocycles. The summed E-state index contributed by atoms with van der Waals surface area (Å²) < 4.78 is 2.16. The van der Waals surface area contributed by atoms with Gasteiger partial charge < -0.3 is 19.9 Å². The number of rotatable bonds is 4. The molecule has 1 aliphatic rings. The van der Waals surface area contributed by atoms with Crippen LogP contribution in [0, 0.1) is 13.8 Å². The van der Waals surface area contributed by atoms with Crippen molar-refractivity contribution in [3.8, 4) is 11.4 Å². The predicted molar refractivity (Wildman–Crippen MR) is 136 cm³/mol. The summed E-state index contributed by atoms with van der Waals surface area (Å²) in [5.41, 5.74) is 5.95. The normalized spacial score (nSPS) is 17.9. The van der Waals surface area contributed by atoms with E-state index in [9.17, 15) is 5.11 Å². The molecule has 3 heterocycles. The SMILES string of the molecule is Cc1ccc(-n2cccc2[C@H]2[C@@H](c3ccccn3)NC(=S)N2c2cc(Cl)ccc2O)cc1C. The first-order valence-corrected chi connectivity index (χ1v) is 11.5. The Labute approximate surface area is 203 Å². The summed E-state index contributed by atoms with van der Waals surface area (Å²) in [6, 6.07) is 20.9. The summed E-state index contributed by atoms with van der Waals surface area (Å²) in [5.74, 6) is 0.111. The molecular weight excluding hydrogens is 452 g/mol. The summed E-state index contributed by atoms with van der Waals surface area (Å²) in [5, 5.41) is 15.2. The number of aromatic nitrogens is 2. The van der Waals surface area contributed by atoms with Gasteiger partial charge in [-0.3, -0.25) is 4.98 Å². The van der Waals surface area contributed by atoms with E-state index in [1.807, 2.05) is 35.4 Å². The van der Waals surface area contributed by atoms with Gasteiger partial charge in [-0.05, 0) is 91.8 Å². The van der Waals surface area contributed by atoms with Gasteiger partial charge in [-0.2, -0.15) is 0 Å². The van der Waals surface area contributed by atoms with Crippen molar-refractivity contribution in [3.63, 3.8) is 0 Å². The van der Waals surface area contributed by atoms with Crippen molar-refractivity contribution >= 4 is 34.6 Å². The number of pyridine rings is 1. The minimum absolute atomic E-state index is 0.111. The lowest BCUT2D eigenvalue weighted by Crippen LogP contribution is -2.30. The number of benzene rings is 2. The number of thiocarbonyl (C=S) groups is 1. The Kier molecular flexibility index (Phi) is 5.56. The van der Waals surface area contributed by atoms with Gasteiger partial charge in [0.25, 0.3) is 0 Å². The smallest absolute Gasteiger partial charge is 0.174 e.